The highest BCUT2D eigenvalue weighted by atomic mass is 19.4. The quantitative estimate of drug-likeness (QED) is 0.410. The molecule has 2 aromatic carbocycles. The summed E-state index contributed by atoms with van der Waals surface area (Å²) in [7, 11) is 0. The second-order valence-corrected chi connectivity index (χ2v) is 10.5. The number of likely N-dealkylation sites (tertiary alicyclic amines) is 1. The van der Waals surface area contributed by atoms with Crippen molar-refractivity contribution in [3.63, 3.8) is 0 Å². The number of rotatable bonds is 7. The van der Waals surface area contributed by atoms with Crippen molar-refractivity contribution in [2.75, 3.05) is 13.1 Å². The predicted molar refractivity (Wildman–Crippen MR) is 141 cm³/mol. The fourth-order valence-corrected chi connectivity index (χ4v) is 5.61. The van der Waals surface area contributed by atoms with Crippen LogP contribution in [0.1, 0.15) is 60.0 Å². The molecule has 8 nitrogen and oxygen atoms in total. The zero-order valence-electron chi connectivity index (χ0n) is 21.9. The lowest BCUT2D eigenvalue weighted by Gasteiger charge is -2.39. The summed E-state index contributed by atoms with van der Waals surface area (Å²) in [6.45, 7) is 0.239. The maximum Gasteiger partial charge on any atom is 0.416 e. The minimum Gasteiger partial charge on any atom is -0.385 e. The summed E-state index contributed by atoms with van der Waals surface area (Å²) >= 11 is 0. The number of nitrogens with zero attached hydrogens (tertiary/aromatic N) is 3. The number of amides is 2. The summed E-state index contributed by atoms with van der Waals surface area (Å²) in [5, 5.41) is 17.4. The average molecular weight is 556 g/mol. The second kappa shape index (κ2) is 11.4. The Morgan fingerprint density at radius 2 is 1.82 bits per heavy atom. The Bertz CT molecular complexity index is 1320. The molecule has 1 atom stereocenters. The molecule has 2 aliphatic rings. The molecule has 0 spiro atoms. The minimum atomic E-state index is -4.55. The molecule has 2 fully saturated rings. The summed E-state index contributed by atoms with van der Waals surface area (Å²) < 4.78 is 40.8. The van der Waals surface area contributed by atoms with Crippen LogP contribution >= 0.6 is 0 Å². The van der Waals surface area contributed by atoms with Crippen molar-refractivity contribution in [2.45, 2.75) is 62.5 Å². The lowest BCUT2D eigenvalue weighted by Crippen LogP contribution is -2.52. The van der Waals surface area contributed by atoms with Gasteiger partial charge in [-0.2, -0.15) is 13.2 Å². The number of halogens is 3. The van der Waals surface area contributed by atoms with Gasteiger partial charge >= 0.3 is 6.18 Å². The highest BCUT2D eigenvalue weighted by molar-refractivity contribution is 5.96. The standard InChI is InChI=1S/C29H32F3N5O3/c30-29(31,32)22-4-1-3-20(17-22)27(39)34-18-26(38)37-15-2-5-25(37)35-23-10-12-28(40,13-11-23)21-6-8-24(9-7-21)36-16-14-33-19-36/h1,3-4,6-9,14,16-17,19,23,25,35,40H,2,5,10-13,15,18H2,(H,34,39)/t23?,25-,28?/m0/s1. The molecule has 0 bridgehead atoms. The van der Waals surface area contributed by atoms with E-state index in [1.807, 2.05) is 35.0 Å². The van der Waals surface area contributed by atoms with Crippen molar-refractivity contribution < 1.29 is 27.9 Å². The third kappa shape index (κ3) is 6.20. The maximum atomic E-state index is 13.0. The van der Waals surface area contributed by atoms with Gasteiger partial charge in [0, 0.05) is 36.2 Å². The fraction of sp³-hybridized carbons (Fsp3) is 0.414. The summed E-state index contributed by atoms with van der Waals surface area (Å²) in [5.41, 5.74) is -0.128. The lowest BCUT2D eigenvalue weighted by molar-refractivity contribution is -0.137. The number of imidazole rings is 1. The summed E-state index contributed by atoms with van der Waals surface area (Å²) in [5.74, 6) is -1.02. The van der Waals surface area contributed by atoms with Gasteiger partial charge in [-0.3, -0.25) is 14.9 Å². The van der Waals surface area contributed by atoms with E-state index >= 15 is 0 Å². The number of hydrogen-bond donors (Lipinski definition) is 3. The molecule has 1 aliphatic heterocycles. The lowest BCUT2D eigenvalue weighted by atomic mass is 9.77. The van der Waals surface area contributed by atoms with E-state index in [1.165, 1.54) is 12.1 Å². The van der Waals surface area contributed by atoms with E-state index in [2.05, 4.69) is 15.6 Å². The Hall–Kier alpha value is -3.70. The monoisotopic (exact) mass is 555 g/mol. The number of alkyl halides is 3. The van der Waals surface area contributed by atoms with Gasteiger partial charge in [-0.25, -0.2) is 4.98 Å². The van der Waals surface area contributed by atoms with Gasteiger partial charge in [0.1, 0.15) is 0 Å². The molecule has 1 saturated carbocycles. The molecule has 5 rings (SSSR count). The van der Waals surface area contributed by atoms with E-state index in [1.54, 1.807) is 17.4 Å². The Morgan fingerprint density at radius 3 is 2.50 bits per heavy atom. The first-order chi connectivity index (χ1) is 19.1. The molecule has 1 aromatic heterocycles. The van der Waals surface area contributed by atoms with Gasteiger partial charge in [0.15, 0.2) is 0 Å². The minimum absolute atomic E-state index is 0.128. The fourth-order valence-electron chi connectivity index (χ4n) is 5.61. The second-order valence-electron chi connectivity index (χ2n) is 10.5. The zero-order chi connectivity index (χ0) is 28.3. The van der Waals surface area contributed by atoms with Crippen molar-refractivity contribution >= 4 is 11.8 Å². The van der Waals surface area contributed by atoms with Crippen LogP contribution in [0, 0.1) is 0 Å². The number of aromatic nitrogens is 2. The zero-order valence-corrected chi connectivity index (χ0v) is 21.9. The van der Waals surface area contributed by atoms with Crippen LogP contribution in [0.25, 0.3) is 5.69 Å². The molecule has 2 amide bonds. The number of benzene rings is 2. The SMILES string of the molecule is O=C(NCC(=O)N1CCC[C@H]1NC1CCC(O)(c2ccc(-n3ccnc3)cc2)CC1)c1cccc(C(F)(F)F)c1. The van der Waals surface area contributed by atoms with Gasteiger partial charge in [-0.1, -0.05) is 18.2 Å². The van der Waals surface area contributed by atoms with E-state index in [-0.39, 0.29) is 30.2 Å². The van der Waals surface area contributed by atoms with Gasteiger partial charge in [0.2, 0.25) is 5.91 Å². The van der Waals surface area contributed by atoms with Crippen LogP contribution in [-0.4, -0.2) is 56.7 Å². The van der Waals surface area contributed by atoms with Crippen molar-refractivity contribution in [3.05, 3.63) is 83.9 Å². The average Bonchev–Trinajstić information content (AvgIpc) is 3.66. The third-order valence-corrected chi connectivity index (χ3v) is 7.87. The Labute approximate surface area is 230 Å². The summed E-state index contributed by atoms with van der Waals surface area (Å²) in [4.78, 5) is 31.1. The molecule has 11 heteroatoms. The third-order valence-electron chi connectivity index (χ3n) is 7.87. The van der Waals surface area contributed by atoms with Crippen molar-refractivity contribution in [2.24, 2.45) is 0 Å². The van der Waals surface area contributed by atoms with Crippen LogP contribution in [0.2, 0.25) is 0 Å². The number of carbonyl (C=O) groups excluding carboxylic acids is 2. The number of aliphatic hydroxyl groups is 1. The van der Waals surface area contributed by atoms with Crippen LogP contribution in [0.15, 0.2) is 67.3 Å². The number of hydrogen-bond acceptors (Lipinski definition) is 5. The molecule has 0 unspecified atom stereocenters. The van der Waals surface area contributed by atoms with E-state index in [4.69, 9.17) is 0 Å². The highest BCUT2D eigenvalue weighted by Crippen LogP contribution is 2.38. The van der Waals surface area contributed by atoms with Crippen LogP contribution in [0.3, 0.4) is 0 Å². The first-order valence-electron chi connectivity index (χ1n) is 13.4. The molecule has 0 radical (unpaired) electrons. The van der Waals surface area contributed by atoms with Gasteiger partial charge in [0.05, 0.1) is 30.2 Å². The molecule has 212 valence electrons. The topological polar surface area (TPSA) is 99.5 Å². The van der Waals surface area contributed by atoms with Crippen molar-refractivity contribution in [1.29, 1.82) is 0 Å². The molecule has 3 aromatic rings. The summed E-state index contributed by atoms with van der Waals surface area (Å²) in [6.07, 6.45) is 4.79. The molecular weight excluding hydrogens is 523 g/mol. The van der Waals surface area contributed by atoms with Gasteiger partial charge < -0.3 is 19.9 Å². The number of nitrogens with one attached hydrogen (secondary N) is 2. The molecular formula is C29H32F3N5O3. The van der Waals surface area contributed by atoms with Crippen LogP contribution in [-0.2, 0) is 16.6 Å². The van der Waals surface area contributed by atoms with E-state index in [0.29, 0.717) is 19.4 Å². The molecule has 2 heterocycles. The van der Waals surface area contributed by atoms with E-state index < -0.39 is 23.2 Å². The smallest absolute Gasteiger partial charge is 0.385 e. The molecule has 1 saturated heterocycles. The van der Waals surface area contributed by atoms with E-state index in [0.717, 1.165) is 49.1 Å². The van der Waals surface area contributed by atoms with Gasteiger partial charge in [-0.05, 0) is 74.4 Å². The maximum absolute atomic E-state index is 13.0. The normalized spacial score (nSPS) is 23.2. The largest absolute Gasteiger partial charge is 0.416 e. The number of carbonyl (C=O) groups is 2. The van der Waals surface area contributed by atoms with E-state index in [9.17, 15) is 27.9 Å². The van der Waals surface area contributed by atoms with Crippen LogP contribution in [0.5, 0.6) is 0 Å². The van der Waals surface area contributed by atoms with Gasteiger partial charge in [0.25, 0.3) is 5.91 Å². The van der Waals surface area contributed by atoms with Gasteiger partial charge in [-0.15, -0.1) is 0 Å². The molecule has 1 aliphatic carbocycles. The molecule has 40 heavy (non-hydrogen) atoms. The Morgan fingerprint density at radius 1 is 1.07 bits per heavy atom. The summed E-state index contributed by atoms with van der Waals surface area (Å²) in [6, 6.07) is 12.1. The van der Waals surface area contributed by atoms with Crippen LogP contribution in [0.4, 0.5) is 13.2 Å². The van der Waals surface area contributed by atoms with Crippen LogP contribution < -0.4 is 10.6 Å². The van der Waals surface area contributed by atoms with Crippen molar-refractivity contribution in [1.82, 2.24) is 25.1 Å². The Balaban J connectivity index is 1.12. The predicted octanol–water partition coefficient (Wildman–Crippen LogP) is 3.99. The first kappa shape index (κ1) is 27.9. The first-order valence-corrected chi connectivity index (χ1v) is 13.4. The molecule has 3 N–H and O–H groups in total. The Kier molecular flexibility index (Phi) is 7.95. The van der Waals surface area contributed by atoms with Crippen molar-refractivity contribution in [3.8, 4) is 5.69 Å². The highest BCUT2D eigenvalue weighted by Gasteiger charge is 2.37.